The van der Waals surface area contributed by atoms with E-state index in [0.29, 0.717) is 11.7 Å². The molecule has 1 amide bonds. The van der Waals surface area contributed by atoms with Crippen molar-refractivity contribution in [1.82, 2.24) is 20.3 Å². The summed E-state index contributed by atoms with van der Waals surface area (Å²) in [5.41, 5.74) is 2.75. The molecule has 3 heterocycles. The minimum atomic E-state index is 0.0716. The number of carbonyl (C=O) groups excluding carboxylic acids is 1. The molecule has 6 heteroatoms. The second-order valence-corrected chi connectivity index (χ2v) is 7.05. The van der Waals surface area contributed by atoms with Crippen LogP contribution in [-0.4, -0.2) is 32.7 Å². The van der Waals surface area contributed by atoms with Crippen LogP contribution < -0.4 is 0 Å². The van der Waals surface area contributed by atoms with Crippen molar-refractivity contribution in [3.8, 4) is 11.3 Å². The smallest absolute Gasteiger partial charge is 0.226 e. The van der Waals surface area contributed by atoms with Crippen LogP contribution in [0.25, 0.3) is 11.3 Å². The highest BCUT2D eigenvalue weighted by Gasteiger charge is 2.36. The zero-order chi connectivity index (χ0) is 16.5. The molecule has 2 aliphatic rings. The molecule has 1 aliphatic heterocycles. The number of amides is 1. The molecular weight excluding hydrogens is 304 g/mol. The molecule has 2 fully saturated rings. The molecule has 1 atom stereocenters. The lowest BCUT2D eigenvalue weighted by atomic mass is 9.88. The van der Waals surface area contributed by atoms with Crippen LogP contribution in [0.15, 0.2) is 16.8 Å². The van der Waals surface area contributed by atoms with Crippen molar-refractivity contribution in [2.45, 2.75) is 57.9 Å². The number of nitrogens with one attached hydrogen (secondary N) is 1. The van der Waals surface area contributed by atoms with Gasteiger partial charge in [0.2, 0.25) is 5.91 Å². The molecule has 4 rings (SSSR count). The Morgan fingerprint density at radius 2 is 2.08 bits per heavy atom. The van der Waals surface area contributed by atoms with Crippen molar-refractivity contribution in [2.75, 3.05) is 6.54 Å². The van der Waals surface area contributed by atoms with Crippen molar-refractivity contribution < 1.29 is 9.32 Å². The highest BCUT2D eigenvalue weighted by molar-refractivity contribution is 5.80. The second-order valence-electron chi connectivity index (χ2n) is 7.05. The summed E-state index contributed by atoms with van der Waals surface area (Å²) in [4.78, 5) is 15.1. The Labute approximate surface area is 141 Å². The van der Waals surface area contributed by atoms with Gasteiger partial charge in [0.15, 0.2) is 5.76 Å². The van der Waals surface area contributed by atoms with Crippen LogP contribution in [0.4, 0.5) is 0 Å². The first-order chi connectivity index (χ1) is 11.7. The van der Waals surface area contributed by atoms with Crippen LogP contribution in [0.1, 0.15) is 62.4 Å². The van der Waals surface area contributed by atoms with Crippen LogP contribution in [0.5, 0.6) is 0 Å². The molecule has 6 nitrogen and oxygen atoms in total. The predicted octanol–water partition coefficient (Wildman–Crippen LogP) is 3.62. The third kappa shape index (κ3) is 2.74. The largest absolute Gasteiger partial charge is 0.356 e. The van der Waals surface area contributed by atoms with Crippen molar-refractivity contribution in [3.05, 3.63) is 23.7 Å². The number of nitrogens with zero attached hydrogens (tertiary/aromatic N) is 3. The molecule has 24 heavy (non-hydrogen) atoms. The van der Waals surface area contributed by atoms with E-state index >= 15 is 0 Å². The van der Waals surface area contributed by atoms with Gasteiger partial charge in [-0.15, -0.1) is 0 Å². The quantitative estimate of drug-likeness (QED) is 0.934. The predicted molar refractivity (Wildman–Crippen MR) is 89.1 cm³/mol. The molecule has 1 unspecified atom stereocenters. The third-order valence-corrected chi connectivity index (χ3v) is 5.39. The van der Waals surface area contributed by atoms with Gasteiger partial charge >= 0.3 is 0 Å². The normalized spacial score (nSPS) is 22.2. The average molecular weight is 328 g/mol. The van der Waals surface area contributed by atoms with Crippen LogP contribution >= 0.6 is 0 Å². The first-order valence-electron chi connectivity index (χ1n) is 9.01. The van der Waals surface area contributed by atoms with Gasteiger partial charge in [0, 0.05) is 18.5 Å². The number of aromatic amines is 1. The topological polar surface area (TPSA) is 75.0 Å². The van der Waals surface area contributed by atoms with E-state index < -0.39 is 0 Å². The molecular formula is C18H24N4O2. The molecule has 1 aliphatic carbocycles. The average Bonchev–Trinajstić information content (AvgIpc) is 3.34. The lowest BCUT2D eigenvalue weighted by Crippen LogP contribution is -2.36. The Morgan fingerprint density at radius 3 is 2.83 bits per heavy atom. The Hall–Kier alpha value is -2.11. The highest BCUT2D eigenvalue weighted by Crippen LogP contribution is 2.38. The molecule has 0 bridgehead atoms. The number of H-pyrrole nitrogens is 1. The van der Waals surface area contributed by atoms with Gasteiger partial charge < -0.3 is 9.42 Å². The van der Waals surface area contributed by atoms with Gasteiger partial charge in [-0.2, -0.15) is 5.10 Å². The minimum absolute atomic E-state index is 0.0716. The third-order valence-electron chi connectivity index (χ3n) is 5.39. The first-order valence-corrected chi connectivity index (χ1v) is 9.01. The number of aromatic nitrogens is 3. The van der Waals surface area contributed by atoms with Gasteiger partial charge in [0.1, 0.15) is 0 Å². The maximum atomic E-state index is 13.0. The van der Waals surface area contributed by atoms with E-state index in [1.165, 1.54) is 19.3 Å². The lowest BCUT2D eigenvalue weighted by molar-refractivity contribution is -0.137. The van der Waals surface area contributed by atoms with Gasteiger partial charge in [-0.05, 0) is 32.6 Å². The van der Waals surface area contributed by atoms with Gasteiger partial charge in [-0.3, -0.25) is 9.89 Å². The summed E-state index contributed by atoms with van der Waals surface area (Å²) >= 11 is 0. The van der Waals surface area contributed by atoms with E-state index in [1.54, 1.807) is 6.20 Å². The zero-order valence-corrected chi connectivity index (χ0v) is 14.1. The van der Waals surface area contributed by atoms with Crippen molar-refractivity contribution >= 4 is 5.91 Å². The summed E-state index contributed by atoms with van der Waals surface area (Å²) in [6.07, 6.45) is 9.50. The first kappa shape index (κ1) is 15.4. The molecule has 2 aromatic heterocycles. The van der Waals surface area contributed by atoms with E-state index in [4.69, 9.17) is 4.52 Å². The van der Waals surface area contributed by atoms with Crippen LogP contribution in [-0.2, 0) is 4.79 Å². The SMILES string of the molecule is Cc1cc(-c2cn[nH]c2C2CCCN2C(=O)C2CCCCC2)on1. The summed E-state index contributed by atoms with van der Waals surface area (Å²) in [5, 5.41) is 11.3. The van der Waals surface area contributed by atoms with Crippen molar-refractivity contribution in [1.29, 1.82) is 0 Å². The number of aryl methyl sites for hydroxylation is 1. The fourth-order valence-corrected chi connectivity index (χ4v) is 4.15. The number of hydrogen-bond acceptors (Lipinski definition) is 4. The maximum absolute atomic E-state index is 13.0. The standard InChI is InChI=1S/C18H24N4O2/c1-12-10-16(24-21-12)14-11-19-20-17(14)15-8-5-9-22(15)18(23)13-6-3-2-4-7-13/h10-11,13,15H,2-9H2,1H3,(H,19,20). The summed E-state index contributed by atoms with van der Waals surface area (Å²) in [6, 6.07) is 1.98. The van der Waals surface area contributed by atoms with E-state index in [9.17, 15) is 4.79 Å². The summed E-state index contributed by atoms with van der Waals surface area (Å²) in [5.74, 6) is 1.25. The molecule has 1 N–H and O–H groups in total. The Morgan fingerprint density at radius 1 is 1.25 bits per heavy atom. The summed E-state index contributed by atoms with van der Waals surface area (Å²) in [7, 11) is 0. The van der Waals surface area contributed by atoms with Gasteiger partial charge in [0.05, 0.1) is 29.2 Å². The van der Waals surface area contributed by atoms with Gasteiger partial charge in [-0.1, -0.05) is 24.4 Å². The molecule has 2 aromatic rings. The molecule has 0 aromatic carbocycles. The number of hydrogen-bond donors (Lipinski definition) is 1. The van der Waals surface area contributed by atoms with Crippen LogP contribution in [0, 0.1) is 12.8 Å². The minimum Gasteiger partial charge on any atom is -0.356 e. The van der Waals surface area contributed by atoms with Crippen LogP contribution in [0.2, 0.25) is 0 Å². The number of carbonyl (C=O) groups is 1. The Bertz CT molecular complexity index is 714. The fraction of sp³-hybridized carbons (Fsp3) is 0.611. The molecule has 128 valence electrons. The van der Waals surface area contributed by atoms with Gasteiger partial charge in [-0.25, -0.2) is 0 Å². The summed E-state index contributed by atoms with van der Waals surface area (Å²) in [6.45, 7) is 2.75. The van der Waals surface area contributed by atoms with Gasteiger partial charge in [0.25, 0.3) is 0 Å². The molecule has 1 saturated heterocycles. The van der Waals surface area contributed by atoms with E-state index in [-0.39, 0.29) is 12.0 Å². The molecule has 0 radical (unpaired) electrons. The summed E-state index contributed by atoms with van der Waals surface area (Å²) < 4.78 is 5.41. The van der Waals surface area contributed by atoms with Crippen LogP contribution in [0.3, 0.4) is 0 Å². The maximum Gasteiger partial charge on any atom is 0.226 e. The zero-order valence-electron chi connectivity index (χ0n) is 14.1. The highest BCUT2D eigenvalue weighted by atomic mass is 16.5. The van der Waals surface area contributed by atoms with Crippen molar-refractivity contribution in [3.63, 3.8) is 0 Å². The number of likely N-dealkylation sites (tertiary alicyclic amines) is 1. The lowest BCUT2D eigenvalue weighted by Gasteiger charge is -2.30. The molecule has 1 saturated carbocycles. The van der Waals surface area contributed by atoms with E-state index in [2.05, 4.69) is 20.3 Å². The van der Waals surface area contributed by atoms with E-state index in [0.717, 1.165) is 49.2 Å². The monoisotopic (exact) mass is 328 g/mol. The van der Waals surface area contributed by atoms with Crippen molar-refractivity contribution in [2.24, 2.45) is 5.92 Å². The Kier molecular flexibility index (Phi) is 4.12. The molecule has 0 spiro atoms. The number of rotatable bonds is 3. The second kappa shape index (κ2) is 6.42. The van der Waals surface area contributed by atoms with E-state index in [1.807, 2.05) is 13.0 Å². The Balaban J connectivity index is 1.59. The fourth-order valence-electron chi connectivity index (χ4n) is 4.15.